The van der Waals surface area contributed by atoms with Gasteiger partial charge in [0.1, 0.15) is 11.6 Å². The first-order chi connectivity index (χ1) is 8.19. The molecule has 0 aliphatic heterocycles. The van der Waals surface area contributed by atoms with Crippen molar-refractivity contribution in [2.45, 2.75) is 0 Å². The van der Waals surface area contributed by atoms with Crippen molar-refractivity contribution in [3.05, 3.63) is 52.4 Å². The van der Waals surface area contributed by atoms with Crippen LogP contribution >= 0.6 is 15.9 Å². The van der Waals surface area contributed by atoms with Crippen LogP contribution in [0.3, 0.4) is 0 Å². The summed E-state index contributed by atoms with van der Waals surface area (Å²) in [7, 11) is 0. The molecule has 0 spiro atoms. The first-order valence-electron chi connectivity index (χ1n) is 4.77. The molecule has 0 unspecified atom stereocenters. The Kier molecular flexibility index (Phi) is 3.35. The number of halogens is 2. The highest BCUT2D eigenvalue weighted by Crippen LogP contribution is 2.25. The van der Waals surface area contributed by atoms with Crippen LogP contribution in [0.2, 0.25) is 0 Å². The lowest BCUT2D eigenvalue weighted by Crippen LogP contribution is -1.95. The zero-order chi connectivity index (χ0) is 12.3. The van der Waals surface area contributed by atoms with Crippen LogP contribution in [0.5, 0.6) is 0 Å². The Morgan fingerprint density at radius 2 is 2.12 bits per heavy atom. The Morgan fingerprint density at radius 3 is 2.88 bits per heavy atom. The van der Waals surface area contributed by atoms with Crippen LogP contribution in [0.25, 0.3) is 0 Å². The Bertz CT molecular complexity index is 593. The minimum atomic E-state index is -0.341. The third-order valence-electron chi connectivity index (χ3n) is 2.08. The average molecular weight is 292 g/mol. The Labute approximate surface area is 106 Å². The molecule has 0 saturated heterocycles. The lowest BCUT2D eigenvalue weighted by Gasteiger charge is -2.07. The predicted molar refractivity (Wildman–Crippen MR) is 66.3 cm³/mol. The number of aromatic nitrogens is 1. The number of nitrogens with one attached hydrogen (secondary N) is 1. The Balaban J connectivity index is 2.31. The number of hydrogen-bond donors (Lipinski definition) is 1. The molecule has 17 heavy (non-hydrogen) atoms. The minimum Gasteiger partial charge on any atom is -0.339 e. The maximum atomic E-state index is 13.1. The monoisotopic (exact) mass is 291 g/mol. The van der Waals surface area contributed by atoms with Gasteiger partial charge in [-0.3, -0.25) is 0 Å². The first kappa shape index (κ1) is 11.6. The van der Waals surface area contributed by atoms with Gasteiger partial charge in [0.2, 0.25) is 0 Å². The van der Waals surface area contributed by atoms with Gasteiger partial charge in [0.15, 0.2) is 0 Å². The number of hydrogen-bond acceptors (Lipinski definition) is 3. The zero-order valence-electron chi connectivity index (χ0n) is 8.61. The van der Waals surface area contributed by atoms with Crippen molar-refractivity contribution < 1.29 is 4.39 Å². The molecular formula is C12H7BrFN3. The molecule has 0 aliphatic carbocycles. The fourth-order valence-corrected chi connectivity index (χ4v) is 1.65. The lowest BCUT2D eigenvalue weighted by molar-refractivity contribution is 0.628. The molecule has 0 bridgehead atoms. The molecule has 2 aromatic rings. The second-order valence-corrected chi connectivity index (χ2v) is 4.15. The Hall–Kier alpha value is -1.93. The van der Waals surface area contributed by atoms with Crippen molar-refractivity contribution in [1.29, 1.82) is 5.26 Å². The topological polar surface area (TPSA) is 48.7 Å². The molecule has 3 nitrogen and oxygen atoms in total. The molecule has 0 atom stereocenters. The zero-order valence-corrected chi connectivity index (χ0v) is 10.2. The predicted octanol–water partition coefficient (Wildman–Crippen LogP) is 3.60. The van der Waals surface area contributed by atoms with Gasteiger partial charge in [-0.1, -0.05) is 0 Å². The van der Waals surface area contributed by atoms with E-state index >= 15 is 0 Å². The molecule has 0 amide bonds. The van der Waals surface area contributed by atoms with Gasteiger partial charge < -0.3 is 5.32 Å². The van der Waals surface area contributed by atoms with E-state index in [1.165, 1.54) is 18.3 Å². The van der Waals surface area contributed by atoms with E-state index in [4.69, 9.17) is 5.26 Å². The molecule has 0 fully saturated rings. The molecule has 2 rings (SSSR count). The van der Waals surface area contributed by atoms with Gasteiger partial charge in [0.05, 0.1) is 17.3 Å². The molecule has 1 N–H and O–H groups in total. The molecule has 0 radical (unpaired) electrons. The van der Waals surface area contributed by atoms with Gasteiger partial charge in [-0.05, 0) is 46.3 Å². The van der Waals surface area contributed by atoms with E-state index in [0.29, 0.717) is 17.1 Å². The van der Waals surface area contributed by atoms with Crippen molar-refractivity contribution in [2.75, 3.05) is 5.32 Å². The fourth-order valence-electron chi connectivity index (χ4n) is 1.30. The number of rotatable bonds is 2. The molecule has 1 aromatic heterocycles. The number of nitrogens with zero attached hydrogens (tertiary/aromatic N) is 2. The van der Waals surface area contributed by atoms with E-state index in [-0.39, 0.29) is 5.82 Å². The SMILES string of the molecule is N#Cc1ccnc(Nc2cc(F)ccc2Br)c1. The van der Waals surface area contributed by atoms with E-state index in [0.717, 1.165) is 4.47 Å². The van der Waals surface area contributed by atoms with Crippen LogP contribution in [0.1, 0.15) is 5.56 Å². The molecule has 1 aromatic carbocycles. The highest BCUT2D eigenvalue weighted by molar-refractivity contribution is 9.10. The van der Waals surface area contributed by atoms with Gasteiger partial charge >= 0.3 is 0 Å². The normalized spacial score (nSPS) is 9.71. The quantitative estimate of drug-likeness (QED) is 0.920. The summed E-state index contributed by atoms with van der Waals surface area (Å²) in [5.74, 6) is 0.155. The molecule has 5 heteroatoms. The summed E-state index contributed by atoms with van der Waals surface area (Å²) in [6.07, 6.45) is 1.52. The standard InChI is InChI=1S/C12H7BrFN3/c13-10-2-1-9(14)6-11(10)17-12-5-8(7-15)3-4-16-12/h1-6H,(H,16,17). The van der Waals surface area contributed by atoms with Crippen LogP contribution in [0.4, 0.5) is 15.9 Å². The van der Waals surface area contributed by atoms with Gasteiger partial charge in [0.25, 0.3) is 0 Å². The molecule has 84 valence electrons. The average Bonchev–Trinajstić information content (AvgIpc) is 2.34. The molecule has 0 saturated carbocycles. The van der Waals surface area contributed by atoms with Gasteiger partial charge in [0, 0.05) is 10.7 Å². The van der Waals surface area contributed by atoms with Crippen molar-refractivity contribution >= 4 is 27.4 Å². The van der Waals surface area contributed by atoms with E-state index in [1.54, 1.807) is 18.2 Å². The summed E-state index contributed by atoms with van der Waals surface area (Å²) < 4.78 is 13.8. The van der Waals surface area contributed by atoms with Crippen molar-refractivity contribution in [3.63, 3.8) is 0 Å². The summed E-state index contributed by atoms with van der Waals surface area (Å²) >= 11 is 3.30. The molecular weight excluding hydrogens is 285 g/mol. The van der Waals surface area contributed by atoms with Crippen molar-refractivity contribution in [3.8, 4) is 6.07 Å². The maximum Gasteiger partial charge on any atom is 0.131 e. The van der Waals surface area contributed by atoms with Crippen molar-refractivity contribution in [1.82, 2.24) is 4.98 Å². The van der Waals surface area contributed by atoms with Gasteiger partial charge in [-0.15, -0.1) is 0 Å². The van der Waals surface area contributed by atoms with E-state index in [2.05, 4.69) is 26.2 Å². The highest BCUT2D eigenvalue weighted by Gasteiger charge is 2.03. The number of nitriles is 1. The van der Waals surface area contributed by atoms with E-state index in [1.807, 2.05) is 6.07 Å². The van der Waals surface area contributed by atoms with E-state index < -0.39 is 0 Å². The third kappa shape index (κ3) is 2.80. The van der Waals surface area contributed by atoms with Crippen LogP contribution in [-0.2, 0) is 0 Å². The van der Waals surface area contributed by atoms with Crippen LogP contribution in [0.15, 0.2) is 41.0 Å². The minimum absolute atomic E-state index is 0.341. The smallest absolute Gasteiger partial charge is 0.131 e. The lowest BCUT2D eigenvalue weighted by atomic mass is 10.2. The van der Waals surface area contributed by atoms with Crippen LogP contribution in [-0.4, -0.2) is 4.98 Å². The summed E-state index contributed by atoms with van der Waals surface area (Å²) in [6.45, 7) is 0. The van der Waals surface area contributed by atoms with Gasteiger partial charge in [-0.25, -0.2) is 9.37 Å². The second-order valence-electron chi connectivity index (χ2n) is 3.29. The fraction of sp³-hybridized carbons (Fsp3) is 0. The summed E-state index contributed by atoms with van der Waals surface area (Å²) in [5, 5.41) is 11.7. The first-order valence-corrected chi connectivity index (χ1v) is 5.56. The van der Waals surface area contributed by atoms with Crippen molar-refractivity contribution in [2.24, 2.45) is 0 Å². The molecule has 1 heterocycles. The van der Waals surface area contributed by atoms with Gasteiger partial charge in [-0.2, -0.15) is 5.26 Å². The highest BCUT2D eigenvalue weighted by atomic mass is 79.9. The summed E-state index contributed by atoms with van der Waals surface area (Å²) in [5.41, 5.74) is 1.06. The summed E-state index contributed by atoms with van der Waals surface area (Å²) in [6, 6.07) is 9.52. The number of pyridine rings is 1. The van der Waals surface area contributed by atoms with E-state index in [9.17, 15) is 4.39 Å². The second kappa shape index (κ2) is 4.93. The third-order valence-corrected chi connectivity index (χ3v) is 2.77. The summed E-state index contributed by atoms with van der Waals surface area (Å²) in [4.78, 5) is 4.05. The maximum absolute atomic E-state index is 13.1. The largest absolute Gasteiger partial charge is 0.339 e. The Morgan fingerprint density at radius 1 is 1.29 bits per heavy atom. The van der Waals surface area contributed by atoms with Crippen LogP contribution < -0.4 is 5.32 Å². The number of anilines is 2. The molecule has 0 aliphatic rings. The number of benzene rings is 1. The van der Waals surface area contributed by atoms with Crippen LogP contribution in [0, 0.1) is 17.1 Å².